The summed E-state index contributed by atoms with van der Waals surface area (Å²) in [6, 6.07) is 7.90. The molecule has 1 N–H and O–H groups in total. The lowest BCUT2D eigenvalue weighted by atomic mass is 9.94. The van der Waals surface area contributed by atoms with Gasteiger partial charge in [-0.3, -0.25) is 9.89 Å². The SMILES string of the molecule is COc1ccc(C2(C(=O)N3CCCC3c3n[nH]c(C)n3)CC2)cc1. The number of ether oxygens (including phenoxy) is 1. The minimum Gasteiger partial charge on any atom is -0.497 e. The number of hydrogen-bond donors (Lipinski definition) is 1. The predicted octanol–water partition coefficient (Wildman–Crippen LogP) is 2.52. The van der Waals surface area contributed by atoms with E-state index in [0.717, 1.165) is 55.2 Å². The molecule has 6 nitrogen and oxygen atoms in total. The van der Waals surface area contributed by atoms with E-state index in [9.17, 15) is 4.79 Å². The van der Waals surface area contributed by atoms with Crippen LogP contribution in [-0.2, 0) is 10.2 Å². The van der Waals surface area contributed by atoms with E-state index in [2.05, 4.69) is 15.2 Å². The van der Waals surface area contributed by atoms with Gasteiger partial charge in [-0.1, -0.05) is 12.1 Å². The normalized spacial score (nSPS) is 21.8. The first-order valence-electron chi connectivity index (χ1n) is 8.48. The Morgan fingerprint density at radius 2 is 2.08 bits per heavy atom. The Labute approximate surface area is 141 Å². The lowest BCUT2D eigenvalue weighted by Gasteiger charge is -2.28. The van der Waals surface area contributed by atoms with Crippen molar-refractivity contribution < 1.29 is 9.53 Å². The molecule has 2 aromatic rings. The second-order valence-electron chi connectivity index (χ2n) is 6.75. The summed E-state index contributed by atoms with van der Waals surface area (Å²) in [7, 11) is 1.65. The van der Waals surface area contributed by atoms with Crippen LogP contribution < -0.4 is 4.74 Å². The number of nitrogens with one attached hydrogen (secondary N) is 1. The molecule has 0 radical (unpaired) electrons. The Morgan fingerprint density at radius 3 is 2.67 bits per heavy atom. The molecule has 126 valence electrons. The second-order valence-corrected chi connectivity index (χ2v) is 6.75. The Bertz CT molecular complexity index is 749. The summed E-state index contributed by atoms with van der Waals surface area (Å²) >= 11 is 0. The molecule has 0 spiro atoms. The van der Waals surface area contributed by atoms with Crippen molar-refractivity contribution in [3.63, 3.8) is 0 Å². The second kappa shape index (κ2) is 5.61. The van der Waals surface area contributed by atoms with Gasteiger partial charge >= 0.3 is 0 Å². The van der Waals surface area contributed by atoms with E-state index in [0.29, 0.717) is 0 Å². The van der Waals surface area contributed by atoms with Gasteiger partial charge in [0.2, 0.25) is 5.91 Å². The Balaban J connectivity index is 1.60. The van der Waals surface area contributed by atoms with Crippen LogP contribution in [0.3, 0.4) is 0 Å². The molecule has 2 heterocycles. The Hall–Kier alpha value is -2.37. The van der Waals surface area contributed by atoms with Crippen LogP contribution in [0.4, 0.5) is 0 Å². The third-order valence-electron chi connectivity index (χ3n) is 5.23. The van der Waals surface area contributed by atoms with Crippen molar-refractivity contribution in [1.82, 2.24) is 20.1 Å². The van der Waals surface area contributed by atoms with Gasteiger partial charge in [0.1, 0.15) is 11.6 Å². The average molecular weight is 326 g/mol. The zero-order valence-corrected chi connectivity index (χ0v) is 14.1. The number of aromatic amines is 1. The van der Waals surface area contributed by atoms with Crippen LogP contribution in [-0.4, -0.2) is 39.6 Å². The van der Waals surface area contributed by atoms with Crippen molar-refractivity contribution in [3.05, 3.63) is 41.5 Å². The molecule has 24 heavy (non-hydrogen) atoms. The zero-order valence-electron chi connectivity index (χ0n) is 14.1. The quantitative estimate of drug-likeness (QED) is 0.937. The highest BCUT2D eigenvalue weighted by molar-refractivity contribution is 5.91. The molecule has 1 unspecified atom stereocenters. The van der Waals surface area contributed by atoms with Crippen LogP contribution in [0.1, 0.15) is 48.9 Å². The molecular formula is C18H22N4O2. The standard InChI is InChI=1S/C18H22N4O2/c1-12-19-16(21-20-12)15-4-3-11-22(15)17(23)18(9-10-18)13-5-7-14(24-2)8-6-13/h5-8,15H,3-4,9-11H2,1-2H3,(H,19,20,21). The third-order valence-corrected chi connectivity index (χ3v) is 5.23. The van der Waals surface area contributed by atoms with E-state index in [4.69, 9.17) is 4.74 Å². The summed E-state index contributed by atoms with van der Waals surface area (Å²) in [4.78, 5) is 19.7. The fraction of sp³-hybridized carbons (Fsp3) is 0.500. The molecule has 2 aliphatic rings. The monoisotopic (exact) mass is 326 g/mol. The van der Waals surface area contributed by atoms with E-state index in [-0.39, 0.29) is 17.4 Å². The largest absolute Gasteiger partial charge is 0.497 e. The van der Waals surface area contributed by atoms with E-state index in [1.54, 1.807) is 7.11 Å². The van der Waals surface area contributed by atoms with Crippen LogP contribution in [0, 0.1) is 6.92 Å². The molecular weight excluding hydrogens is 304 g/mol. The number of nitrogens with zero attached hydrogens (tertiary/aromatic N) is 3. The van der Waals surface area contributed by atoms with Gasteiger partial charge < -0.3 is 9.64 Å². The summed E-state index contributed by atoms with van der Waals surface area (Å²) in [5.41, 5.74) is 0.727. The maximum atomic E-state index is 13.3. The van der Waals surface area contributed by atoms with E-state index < -0.39 is 0 Å². The number of methoxy groups -OCH3 is 1. The summed E-state index contributed by atoms with van der Waals surface area (Å²) in [5, 5.41) is 7.17. The van der Waals surface area contributed by atoms with Gasteiger partial charge in [-0.2, -0.15) is 5.10 Å². The Morgan fingerprint density at radius 1 is 1.33 bits per heavy atom. The van der Waals surface area contributed by atoms with Gasteiger partial charge in [-0.05, 0) is 50.3 Å². The number of rotatable bonds is 4. The minimum absolute atomic E-state index is 0.00169. The molecule has 1 saturated carbocycles. The highest BCUT2D eigenvalue weighted by Gasteiger charge is 2.54. The number of amides is 1. The molecule has 1 atom stereocenters. The molecule has 0 bridgehead atoms. The Kier molecular flexibility index (Phi) is 3.55. The van der Waals surface area contributed by atoms with E-state index >= 15 is 0 Å². The van der Waals surface area contributed by atoms with Gasteiger partial charge in [0.05, 0.1) is 18.6 Å². The van der Waals surface area contributed by atoms with E-state index in [1.807, 2.05) is 36.1 Å². The highest BCUT2D eigenvalue weighted by atomic mass is 16.5. The summed E-state index contributed by atoms with van der Waals surface area (Å²) in [6.45, 7) is 2.67. The van der Waals surface area contributed by atoms with Gasteiger partial charge in [0.25, 0.3) is 0 Å². The number of carbonyl (C=O) groups excluding carboxylic acids is 1. The van der Waals surface area contributed by atoms with Crippen molar-refractivity contribution in [2.24, 2.45) is 0 Å². The fourth-order valence-corrected chi connectivity index (χ4v) is 3.72. The summed E-state index contributed by atoms with van der Waals surface area (Å²) < 4.78 is 5.22. The topological polar surface area (TPSA) is 71.1 Å². The van der Waals surface area contributed by atoms with Crippen LogP contribution in [0.2, 0.25) is 0 Å². The van der Waals surface area contributed by atoms with Crippen LogP contribution in [0.15, 0.2) is 24.3 Å². The molecule has 2 fully saturated rings. The number of benzene rings is 1. The summed E-state index contributed by atoms with van der Waals surface area (Å²) in [5.74, 6) is 2.57. The first-order valence-corrected chi connectivity index (χ1v) is 8.48. The van der Waals surface area contributed by atoms with Crippen molar-refractivity contribution >= 4 is 5.91 Å². The maximum Gasteiger partial charge on any atom is 0.233 e. The number of hydrogen-bond acceptors (Lipinski definition) is 4. The molecule has 1 aliphatic carbocycles. The number of aryl methyl sites for hydroxylation is 1. The van der Waals surface area contributed by atoms with Crippen molar-refractivity contribution in [2.45, 2.75) is 44.1 Å². The molecule has 6 heteroatoms. The van der Waals surface area contributed by atoms with Gasteiger partial charge in [-0.25, -0.2) is 4.98 Å². The number of aromatic nitrogens is 3. The number of likely N-dealkylation sites (tertiary alicyclic amines) is 1. The molecule has 4 rings (SSSR count). The smallest absolute Gasteiger partial charge is 0.233 e. The van der Waals surface area contributed by atoms with Gasteiger partial charge in [0.15, 0.2) is 5.82 Å². The summed E-state index contributed by atoms with van der Waals surface area (Å²) in [6.07, 6.45) is 3.76. The fourth-order valence-electron chi connectivity index (χ4n) is 3.72. The van der Waals surface area contributed by atoms with Crippen molar-refractivity contribution in [2.75, 3.05) is 13.7 Å². The van der Waals surface area contributed by atoms with Gasteiger partial charge in [-0.15, -0.1) is 0 Å². The van der Waals surface area contributed by atoms with Crippen LogP contribution in [0.25, 0.3) is 0 Å². The van der Waals surface area contributed by atoms with Crippen molar-refractivity contribution in [3.8, 4) is 5.75 Å². The molecule has 1 saturated heterocycles. The molecule has 1 aliphatic heterocycles. The van der Waals surface area contributed by atoms with E-state index in [1.165, 1.54) is 0 Å². The highest BCUT2D eigenvalue weighted by Crippen LogP contribution is 2.51. The minimum atomic E-state index is -0.361. The van der Waals surface area contributed by atoms with Crippen LogP contribution >= 0.6 is 0 Å². The third kappa shape index (κ3) is 2.37. The molecule has 1 aromatic heterocycles. The number of H-pyrrole nitrogens is 1. The first kappa shape index (κ1) is 15.2. The first-order chi connectivity index (χ1) is 11.6. The van der Waals surface area contributed by atoms with Crippen molar-refractivity contribution in [1.29, 1.82) is 0 Å². The van der Waals surface area contributed by atoms with Gasteiger partial charge in [0, 0.05) is 6.54 Å². The number of carbonyl (C=O) groups is 1. The van der Waals surface area contributed by atoms with Crippen LogP contribution in [0.5, 0.6) is 5.75 Å². The molecule has 1 amide bonds. The lowest BCUT2D eigenvalue weighted by Crippen LogP contribution is -2.39. The lowest BCUT2D eigenvalue weighted by molar-refractivity contribution is -0.135. The molecule has 1 aromatic carbocycles. The average Bonchev–Trinajstić information content (AvgIpc) is 3.07. The predicted molar refractivity (Wildman–Crippen MR) is 88.7 cm³/mol. The zero-order chi connectivity index (χ0) is 16.7. The maximum absolute atomic E-state index is 13.3.